The largest absolute Gasteiger partial charge is 0.325 e. The maximum absolute atomic E-state index is 11.8. The van der Waals surface area contributed by atoms with Crippen molar-refractivity contribution < 1.29 is 4.79 Å². The van der Waals surface area contributed by atoms with E-state index in [1.807, 2.05) is 43.5 Å². The SMILES string of the molecule is Cc1csc(NC(=O)Nc2cccc(C(C)N)c2)n1. The molecule has 6 heteroatoms. The number of urea groups is 1. The summed E-state index contributed by atoms with van der Waals surface area (Å²) in [6.07, 6.45) is 0. The number of hydrogen-bond acceptors (Lipinski definition) is 4. The molecule has 0 bridgehead atoms. The smallest absolute Gasteiger partial charge is 0.324 e. The molecular formula is C13H16N4OS. The van der Waals surface area contributed by atoms with Gasteiger partial charge in [0.25, 0.3) is 0 Å². The van der Waals surface area contributed by atoms with E-state index in [-0.39, 0.29) is 12.1 Å². The maximum atomic E-state index is 11.8. The van der Waals surface area contributed by atoms with Gasteiger partial charge in [0.2, 0.25) is 0 Å². The van der Waals surface area contributed by atoms with Crippen molar-refractivity contribution in [2.45, 2.75) is 19.9 Å². The van der Waals surface area contributed by atoms with Gasteiger partial charge < -0.3 is 11.1 Å². The zero-order chi connectivity index (χ0) is 13.8. The fourth-order valence-corrected chi connectivity index (χ4v) is 2.25. The summed E-state index contributed by atoms with van der Waals surface area (Å²) in [4.78, 5) is 16.0. The second-order valence-corrected chi connectivity index (χ2v) is 5.15. The first-order chi connectivity index (χ1) is 9.04. The lowest BCUT2D eigenvalue weighted by atomic mass is 10.1. The van der Waals surface area contributed by atoms with E-state index in [1.165, 1.54) is 11.3 Å². The van der Waals surface area contributed by atoms with Gasteiger partial charge in [0.15, 0.2) is 5.13 Å². The van der Waals surface area contributed by atoms with Crippen LogP contribution in [0.25, 0.3) is 0 Å². The Bertz CT molecular complexity index is 580. The van der Waals surface area contributed by atoms with Crippen molar-refractivity contribution >= 4 is 28.2 Å². The van der Waals surface area contributed by atoms with Crippen LogP contribution in [-0.4, -0.2) is 11.0 Å². The standard InChI is InChI=1S/C13H16N4OS/c1-8-7-19-13(15-8)17-12(18)16-11-5-3-4-10(6-11)9(2)14/h3-7,9H,14H2,1-2H3,(H2,15,16,17,18). The average molecular weight is 276 g/mol. The molecule has 0 aliphatic heterocycles. The first kappa shape index (κ1) is 13.5. The van der Waals surface area contributed by atoms with Crippen molar-refractivity contribution in [3.8, 4) is 0 Å². The Hall–Kier alpha value is -1.92. The number of nitrogens with one attached hydrogen (secondary N) is 2. The average Bonchev–Trinajstić information content (AvgIpc) is 2.74. The Morgan fingerprint density at radius 1 is 1.42 bits per heavy atom. The van der Waals surface area contributed by atoms with Crippen LogP contribution in [0.3, 0.4) is 0 Å². The van der Waals surface area contributed by atoms with Crippen LogP contribution in [0.4, 0.5) is 15.6 Å². The normalized spacial score (nSPS) is 11.9. The van der Waals surface area contributed by atoms with E-state index in [0.717, 1.165) is 11.3 Å². The fraction of sp³-hybridized carbons (Fsp3) is 0.231. The van der Waals surface area contributed by atoms with Gasteiger partial charge in [-0.2, -0.15) is 0 Å². The topological polar surface area (TPSA) is 80.0 Å². The predicted molar refractivity (Wildman–Crippen MR) is 78.5 cm³/mol. The van der Waals surface area contributed by atoms with Crippen LogP contribution in [0.1, 0.15) is 24.2 Å². The number of nitrogens with two attached hydrogens (primary N) is 1. The summed E-state index contributed by atoms with van der Waals surface area (Å²) in [5, 5.41) is 7.91. The van der Waals surface area contributed by atoms with E-state index in [9.17, 15) is 4.79 Å². The highest BCUT2D eigenvalue weighted by Gasteiger charge is 2.06. The number of aryl methyl sites for hydroxylation is 1. The molecule has 2 amide bonds. The molecule has 5 nitrogen and oxygen atoms in total. The number of benzene rings is 1. The van der Waals surface area contributed by atoms with Crippen LogP contribution in [-0.2, 0) is 0 Å². The summed E-state index contributed by atoms with van der Waals surface area (Å²) in [6, 6.07) is 7.10. The van der Waals surface area contributed by atoms with Crippen molar-refractivity contribution in [2.75, 3.05) is 10.6 Å². The lowest BCUT2D eigenvalue weighted by Gasteiger charge is -2.09. The molecule has 2 aromatic rings. The maximum Gasteiger partial charge on any atom is 0.325 e. The van der Waals surface area contributed by atoms with Crippen molar-refractivity contribution in [1.82, 2.24) is 4.98 Å². The summed E-state index contributed by atoms with van der Waals surface area (Å²) < 4.78 is 0. The summed E-state index contributed by atoms with van der Waals surface area (Å²) >= 11 is 1.39. The number of carbonyl (C=O) groups is 1. The van der Waals surface area contributed by atoms with Crippen molar-refractivity contribution in [3.05, 3.63) is 40.9 Å². The number of carbonyl (C=O) groups excluding carboxylic acids is 1. The molecule has 1 unspecified atom stereocenters. The highest BCUT2D eigenvalue weighted by atomic mass is 32.1. The third kappa shape index (κ3) is 3.77. The van der Waals surface area contributed by atoms with Gasteiger partial charge in [0.05, 0.1) is 5.69 Å². The molecule has 1 heterocycles. The van der Waals surface area contributed by atoms with E-state index in [2.05, 4.69) is 15.6 Å². The second-order valence-electron chi connectivity index (χ2n) is 4.29. The zero-order valence-electron chi connectivity index (χ0n) is 10.8. The number of aromatic nitrogens is 1. The molecule has 0 saturated heterocycles. The van der Waals surface area contributed by atoms with E-state index in [0.29, 0.717) is 10.8 Å². The van der Waals surface area contributed by atoms with Crippen molar-refractivity contribution in [3.63, 3.8) is 0 Å². The first-order valence-electron chi connectivity index (χ1n) is 5.90. The molecule has 1 aromatic heterocycles. The molecule has 100 valence electrons. The summed E-state index contributed by atoms with van der Waals surface area (Å²) in [7, 11) is 0. The molecule has 19 heavy (non-hydrogen) atoms. The van der Waals surface area contributed by atoms with E-state index >= 15 is 0 Å². The number of amides is 2. The second kappa shape index (κ2) is 5.81. The third-order valence-electron chi connectivity index (χ3n) is 2.51. The molecule has 0 spiro atoms. The lowest BCUT2D eigenvalue weighted by Crippen LogP contribution is -2.19. The summed E-state index contributed by atoms with van der Waals surface area (Å²) in [5.74, 6) is 0. The van der Waals surface area contributed by atoms with Crippen molar-refractivity contribution in [2.24, 2.45) is 5.73 Å². The fourth-order valence-electron chi connectivity index (χ4n) is 1.57. The zero-order valence-corrected chi connectivity index (χ0v) is 11.6. The predicted octanol–water partition coefficient (Wildman–Crippen LogP) is 3.12. The van der Waals surface area contributed by atoms with E-state index in [4.69, 9.17) is 5.73 Å². The number of thiazole rings is 1. The van der Waals surface area contributed by atoms with Crippen LogP contribution in [0.5, 0.6) is 0 Å². The summed E-state index contributed by atoms with van der Waals surface area (Å²) in [6.45, 7) is 3.78. The third-order valence-corrected chi connectivity index (χ3v) is 3.39. The van der Waals surface area contributed by atoms with Crippen LogP contribution in [0.15, 0.2) is 29.6 Å². The van der Waals surface area contributed by atoms with Crippen molar-refractivity contribution in [1.29, 1.82) is 0 Å². The Morgan fingerprint density at radius 3 is 2.84 bits per heavy atom. The van der Waals surface area contributed by atoms with Crippen LogP contribution in [0, 0.1) is 6.92 Å². The molecule has 0 radical (unpaired) electrons. The molecule has 0 aliphatic rings. The Labute approximate surface area is 115 Å². The minimum absolute atomic E-state index is 0.0635. The molecule has 0 saturated carbocycles. The van der Waals surface area contributed by atoms with Gasteiger partial charge in [0, 0.05) is 17.1 Å². The molecule has 0 fully saturated rings. The number of rotatable bonds is 3. The van der Waals surface area contributed by atoms with Crippen LogP contribution < -0.4 is 16.4 Å². The molecule has 1 atom stereocenters. The summed E-state index contributed by atoms with van der Waals surface area (Å²) in [5.41, 5.74) is 8.38. The molecule has 2 rings (SSSR count). The monoisotopic (exact) mass is 276 g/mol. The Kier molecular flexibility index (Phi) is 4.13. The highest BCUT2D eigenvalue weighted by Crippen LogP contribution is 2.17. The minimum Gasteiger partial charge on any atom is -0.324 e. The highest BCUT2D eigenvalue weighted by molar-refractivity contribution is 7.13. The number of anilines is 2. The van der Waals surface area contributed by atoms with Gasteiger partial charge >= 0.3 is 6.03 Å². The van der Waals surface area contributed by atoms with E-state index in [1.54, 1.807) is 0 Å². The van der Waals surface area contributed by atoms with Gasteiger partial charge in [-0.1, -0.05) is 12.1 Å². The Morgan fingerprint density at radius 2 is 2.21 bits per heavy atom. The minimum atomic E-state index is -0.309. The lowest BCUT2D eigenvalue weighted by molar-refractivity contribution is 0.262. The van der Waals surface area contributed by atoms with Gasteiger partial charge in [0.1, 0.15) is 0 Å². The number of hydrogen-bond donors (Lipinski definition) is 3. The van der Waals surface area contributed by atoms with Crippen LogP contribution >= 0.6 is 11.3 Å². The molecule has 4 N–H and O–H groups in total. The molecule has 1 aromatic carbocycles. The van der Waals surface area contributed by atoms with Crippen LogP contribution in [0.2, 0.25) is 0 Å². The van der Waals surface area contributed by atoms with E-state index < -0.39 is 0 Å². The quantitative estimate of drug-likeness (QED) is 0.805. The number of nitrogens with zero attached hydrogens (tertiary/aromatic N) is 1. The Balaban J connectivity index is 2.00. The molecular weight excluding hydrogens is 260 g/mol. The van der Waals surface area contributed by atoms with Gasteiger partial charge in [-0.05, 0) is 31.5 Å². The first-order valence-corrected chi connectivity index (χ1v) is 6.78. The van der Waals surface area contributed by atoms with Gasteiger partial charge in [-0.25, -0.2) is 9.78 Å². The molecule has 0 aliphatic carbocycles. The van der Waals surface area contributed by atoms with Gasteiger partial charge in [-0.15, -0.1) is 11.3 Å². The van der Waals surface area contributed by atoms with Gasteiger partial charge in [-0.3, -0.25) is 5.32 Å².